The van der Waals surface area contributed by atoms with Crippen LogP contribution in [0.25, 0.3) is 0 Å². The highest BCUT2D eigenvalue weighted by atomic mass is 31.2. The molecular weight excluding hydrogens is 382 g/mol. The van der Waals surface area contributed by atoms with E-state index in [1.165, 1.54) is 0 Å². The Morgan fingerprint density at radius 2 is 1.31 bits per heavy atom. The molecule has 1 fully saturated rings. The number of alkyl halides is 1. The fourth-order valence-corrected chi connectivity index (χ4v) is 7.62. The van der Waals surface area contributed by atoms with Gasteiger partial charge in [0.15, 0.2) is 13.1 Å². The first-order chi connectivity index (χ1) is 14.1. The van der Waals surface area contributed by atoms with E-state index >= 15 is 4.39 Å². The number of benzene rings is 3. The van der Waals surface area contributed by atoms with E-state index in [4.69, 9.17) is 0 Å². The molecule has 0 heterocycles. The van der Waals surface area contributed by atoms with Gasteiger partial charge in [0, 0.05) is 16.5 Å². The van der Waals surface area contributed by atoms with Crippen molar-refractivity contribution < 1.29 is 14.1 Å². The van der Waals surface area contributed by atoms with Crippen LogP contribution in [-0.4, -0.2) is 16.6 Å². The van der Waals surface area contributed by atoms with E-state index in [9.17, 15) is 9.67 Å². The van der Waals surface area contributed by atoms with Gasteiger partial charge in [-0.25, -0.2) is 4.39 Å². The molecule has 0 aliphatic heterocycles. The molecule has 1 aliphatic rings. The molecule has 3 atom stereocenters. The molecule has 0 bridgehead atoms. The summed E-state index contributed by atoms with van der Waals surface area (Å²) < 4.78 is 31.0. The van der Waals surface area contributed by atoms with Crippen molar-refractivity contribution in [1.29, 1.82) is 0 Å². The maximum atomic E-state index is 16.5. The van der Waals surface area contributed by atoms with Crippen LogP contribution in [0.4, 0.5) is 4.39 Å². The van der Waals surface area contributed by atoms with Crippen LogP contribution < -0.4 is 10.6 Å². The van der Waals surface area contributed by atoms with E-state index in [2.05, 4.69) is 0 Å². The molecule has 1 N–H and O–H groups in total. The molecule has 1 saturated carbocycles. The zero-order valence-electron chi connectivity index (χ0n) is 16.3. The monoisotopic (exact) mass is 408 g/mol. The van der Waals surface area contributed by atoms with Crippen molar-refractivity contribution in [3.63, 3.8) is 0 Å². The maximum absolute atomic E-state index is 16.5. The minimum absolute atomic E-state index is 0.303. The van der Waals surface area contributed by atoms with Crippen molar-refractivity contribution in [2.45, 2.75) is 43.1 Å². The Hall–Kier alpha value is -2.22. The van der Waals surface area contributed by atoms with Gasteiger partial charge in [0.1, 0.15) is 5.60 Å². The maximum Gasteiger partial charge on any atom is 0.189 e. The lowest BCUT2D eigenvalue weighted by molar-refractivity contribution is -0.0519. The van der Waals surface area contributed by atoms with E-state index in [0.29, 0.717) is 23.5 Å². The van der Waals surface area contributed by atoms with Gasteiger partial charge in [-0.05, 0) is 18.4 Å². The Bertz CT molecular complexity index is 934. The number of rotatable bonds is 5. The molecule has 0 saturated heterocycles. The minimum atomic E-state index is -3.72. The second-order valence-corrected chi connectivity index (χ2v) is 10.7. The van der Waals surface area contributed by atoms with Gasteiger partial charge < -0.3 is 9.67 Å². The van der Waals surface area contributed by atoms with Crippen molar-refractivity contribution in [2.75, 3.05) is 0 Å². The molecule has 0 aromatic heterocycles. The molecule has 0 spiro atoms. The van der Waals surface area contributed by atoms with Crippen LogP contribution in [0.5, 0.6) is 0 Å². The topological polar surface area (TPSA) is 37.3 Å². The molecular formula is C25H26FO2P. The van der Waals surface area contributed by atoms with Gasteiger partial charge >= 0.3 is 0 Å². The molecule has 29 heavy (non-hydrogen) atoms. The SMILES string of the molecule is O=P(c1ccccc1)(c1ccccc1)[C@H](F)[C@]1(O)CCCC[C@@H]1c1ccccc1. The number of halogens is 1. The molecule has 1 aliphatic carbocycles. The second kappa shape index (κ2) is 8.26. The normalized spacial score (nSPS) is 23.4. The summed E-state index contributed by atoms with van der Waals surface area (Å²) in [7, 11) is -3.72. The Morgan fingerprint density at radius 1 is 0.828 bits per heavy atom. The highest BCUT2D eigenvalue weighted by Crippen LogP contribution is 2.59. The first-order valence-electron chi connectivity index (χ1n) is 10.2. The van der Waals surface area contributed by atoms with E-state index in [-0.39, 0.29) is 5.92 Å². The Kier molecular flexibility index (Phi) is 5.72. The Morgan fingerprint density at radius 3 is 1.83 bits per heavy atom. The van der Waals surface area contributed by atoms with Crippen LogP contribution in [0, 0.1) is 0 Å². The lowest BCUT2D eigenvalue weighted by Gasteiger charge is -2.44. The van der Waals surface area contributed by atoms with Crippen LogP contribution in [0.1, 0.15) is 37.2 Å². The van der Waals surface area contributed by atoms with Crippen molar-refractivity contribution >= 4 is 17.8 Å². The van der Waals surface area contributed by atoms with Gasteiger partial charge in [-0.1, -0.05) is 104 Å². The van der Waals surface area contributed by atoms with Gasteiger partial charge in [-0.15, -0.1) is 0 Å². The molecule has 0 unspecified atom stereocenters. The summed E-state index contributed by atoms with van der Waals surface area (Å²) in [5, 5.41) is 12.7. The summed E-state index contributed by atoms with van der Waals surface area (Å²) in [4.78, 5) is 0. The van der Waals surface area contributed by atoms with Gasteiger partial charge in [0.05, 0.1) is 0 Å². The van der Waals surface area contributed by atoms with Gasteiger partial charge in [0.2, 0.25) is 0 Å². The average molecular weight is 408 g/mol. The van der Waals surface area contributed by atoms with Crippen LogP contribution >= 0.6 is 7.14 Å². The predicted molar refractivity (Wildman–Crippen MR) is 117 cm³/mol. The molecule has 3 aromatic rings. The van der Waals surface area contributed by atoms with Crippen molar-refractivity contribution in [1.82, 2.24) is 0 Å². The second-order valence-electron chi connectivity index (χ2n) is 7.87. The van der Waals surface area contributed by atoms with E-state index in [1.807, 2.05) is 42.5 Å². The van der Waals surface area contributed by atoms with Crippen LogP contribution in [0.2, 0.25) is 0 Å². The summed E-state index contributed by atoms with van der Waals surface area (Å²) in [5.74, 6) is -2.27. The molecule has 3 aromatic carbocycles. The first-order valence-corrected chi connectivity index (χ1v) is 12.0. The first kappa shape index (κ1) is 20.1. The zero-order valence-corrected chi connectivity index (χ0v) is 17.2. The third kappa shape index (κ3) is 3.58. The molecule has 0 radical (unpaired) electrons. The number of hydrogen-bond acceptors (Lipinski definition) is 2. The lowest BCUT2D eigenvalue weighted by Crippen LogP contribution is -2.49. The lowest BCUT2D eigenvalue weighted by atomic mass is 9.72. The number of aliphatic hydroxyl groups is 1. The molecule has 150 valence electrons. The number of hydrogen-bond donors (Lipinski definition) is 1. The van der Waals surface area contributed by atoms with Gasteiger partial charge in [0.25, 0.3) is 0 Å². The minimum Gasteiger partial charge on any atom is -0.386 e. The fourth-order valence-electron chi connectivity index (χ4n) is 4.63. The quantitative estimate of drug-likeness (QED) is 0.575. The fraction of sp³-hybridized carbons (Fsp3) is 0.280. The van der Waals surface area contributed by atoms with Crippen LogP contribution in [-0.2, 0) is 4.57 Å². The van der Waals surface area contributed by atoms with Gasteiger partial charge in [-0.2, -0.15) is 0 Å². The third-order valence-electron chi connectivity index (χ3n) is 6.14. The summed E-state index contributed by atoms with van der Waals surface area (Å²) in [6.07, 6.45) is 2.64. The summed E-state index contributed by atoms with van der Waals surface area (Å²) in [6.45, 7) is 0. The Balaban J connectivity index is 1.85. The predicted octanol–water partition coefficient (Wildman–Crippen LogP) is 5.39. The summed E-state index contributed by atoms with van der Waals surface area (Å²) >= 11 is 0. The van der Waals surface area contributed by atoms with Gasteiger partial charge in [-0.3, -0.25) is 0 Å². The van der Waals surface area contributed by atoms with E-state index in [0.717, 1.165) is 18.4 Å². The van der Waals surface area contributed by atoms with E-state index in [1.54, 1.807) is 48.5 Å². The Labute approximate surface area is 171 Å². The van der Waals surface area contributed by atoms with Crippen molar-refractivity contribution in [3.05, 3.63) is 96.6 Å². The average Bonchev–Trinajstić information content (AvgIpc) is 2.80. The van der Waals surface area contributed by atoms with Crippen molar-refractivity contribution in [2.24, 2.45) is 0 Å². The summed E-state index contributed by atoms with van der Waals surface area (Å²) in [6, 6.07) is 27.2. The smallest absolute Gasteiger partial charge is 0.189 e. The zero-order chi connectivity index (χ0) is 20.3. The van der Waals surface area contributed by atoms with Crippen molar-refractivity contribution in [3.8, 4) is 0 Å². The molecule has 4 rings (SSSR count). The van der Waals surface area contributed by atoms with Crippen LogP contribution in [0.3, 0.4) is 0 Å². The summed E-state index contributed by atoms with van der Waals surface area (Å²) in [5.41, 5.74) is -0.772. The third-order valence-corrected chi connectivity index (χ3v) is 9.35. The van der Waals surface area contributed by atoms with E-state index < -0.39 is 18.7 Å². The van der Waals surface area contributed by atoms with Crippen LogP contribution in [0.15, 0.2) is 91.0 Å². The standard InChI is InChI=1S/C25H26FO2P/c26-24(25(27)19-11-10-18-23(25)20-12-4-1-5-13-20)29(28,21-14-6-2-7-15-21)22-16-8-3-9-17-22/h1-9,12-17,23-24,27H,10-11,18-19H2/t23-,24+,25+/m1/s1. The molecule has 2 nitrogen and oxygen atoms in total. The molecule has 0 amide bonds. The highest BCUT2D eigenvalue weighted by molar-refractivity contribution is 7.79. The highest BCUT2D eigenvalue weighted by Gasteiger charge is 2.55. The molecule has 4 heteroatoms. The largest absolute Gasteiger partial charge is 0.386 e.